The maximum absolute atomic E-state index is 13.7. The Morgan fingerprint density at radius 1 is 1.31 bits per heavy atom. The number of likely N-dealkylation sites (N-methyl/N-ethyl adjacent to an activating group) is 1. The molecule has 11 heteroatoms. The Balaban J connectivity index is 1.65. The van der Waals surface area contributed by atoms with Crippen molar-refractivity contribution in [2.24, 2.45) is 5.92 Å². The highest BCUT2D eigenvalue weighted by atomic mass is 16.5. The minimum atomic E-state index is -0.485. The highest BCUT2D eigenvalue weighted by Crippen LogP contribution is 2.31. The maximum Gasteiger partial charge on any atom is 0.321 e. The van der Waals surface area contributed by atoms with Gasteiger partial charge in [0.1, 0.15) is 28.8 Å². The molecular formula is C28H35N5O6. The van der Waals surface area contributed by atoms with Gasteiger partial charge in [-0.1, -0.05) is 24.2 Å². The number of rotatable bonds is 7. The van der Waals surface area contributed by atoms with Gasteiger partial charge in [0.25, 0.3) is 5.91 Å². The van der Waals surface area contributed by atoms with Crippen molar-refractivity contribution in [1.29, 1.82) is 0 Å². The van der Waals surface area contributed by atoms with Gasteiger partial charge >= 0.3 is 6.03 Å². The fraction of sp³-hybridized carbons (Fsp3) is 0.429. The van der Waals surface area contributed by atoms with Gasteiger partial charge in [0.2, 0.25) is 5.88 Å². The van der Waals surface area contributed by atoms with Crippen molar-refractivity contribution >= 4 is 17.6 Å². The Hall–Kier alpha value is -4.12. The van der Waals surface area contributed by atoms with Crippen LogP contribution < -0.4 is 14.8 Å². The number of aliphatic hydroxyl groups is 1. The first kappa shape index (κ1) is 27.9. The Bertz CT molecular complexity index is 1320. The van der Waals surface area contributed by atoms with E-state index in [0.29, 0.717) is 29.4 Å². The minimum Gasteiger partial charge on any atom is -0.497 e. The van der Waals surface area contributed by atoms with Gasteiger partial charge in [-0.3, -0.25) is 4.79 Å². The average Bonchev–Trinajstić information content (AvgIpc) is 3.26. The second-order valence-electron chi connectivity index (χ2n) is 9.94. The molecule has 1 aliphatic heterocycles. The van der Waals surface area contributed by atoms with Gasteiger partial charge in [-0.25, -0.2) is 9.78 Å². The lowest BCUT2D eigenvalue weighted by Gasteiger charge is -2.37. The molecule has 3 aromatic rings. The zero-order valence-electron chi connectivity index (χ0n) is 23.1. The van der Waals surface area contributed by atoms with E-state index in [4.69, 9.17) is 14.0 Å². The zero-order valence-corrected chi connectivity index (χ0v) is 23.1. The predicted octanol–water partition coefficient (Wildman–Crippen LogP) is 3.75. The number of carbonyl (C=O) groups is 2. The number of aliphatic hydroxyl groups excluding tert-OH is 1. The third-order valence-electron chi connectivity index (χ3n) is 6.99. The second kappa shape index (κ2) is 11.7. The van der Waals surface area contributed by atoms with Crippen LogP contribution in [-0.4, -0.2) is 83.0 Å². The van der Waals surface area contributed by atoms with E-state index >= 15 is 0 Å². The number of methoxy groups -OCH3 is 1. The van der Waals surface area contributed by atoms with Crippen LogP contribution in [0.2, 0.25) is 0 Å². The highest BCUT2D eigenvalue weighted by Gasteiger charge is 2.35. The molecule has 11 nitrogen and oxygen atoms in total. The Kier molecular flexibility index (Phi) is 8.39. The number of aromatic nitrogens is 2. The van der Waals surface area contributed by atoms with Gasteiger partial charge in [-0.2, -0.15) is 0 Å². The Morgan fingerprint density at radius 3 is 2.74 bits per heavy atom. The Labute approximate surface area is 227 Å². The number of anilines is 1. The third-order valence-corrected chi connectivity index (χ3v) is 6.99. The third kappa shape index (κ3) is 5.98. The number of nitrogens with one attached hydrogen (secondary N) is 1. The summed E-state index contributed by atoms with van der Waals surface area (Å²) in [4.78, 5) is 34.4. The molecule has 1 aliphatic rings. The fourth-order valence-corrected chi connectivity index (χ4v) is 4.50. The van der Waals surface area contributed by atoms with Crippen molar-refractivity contribution in [3.63, 3.8) is 0 Å². The summed E-state index contributed by atoms with van der Waals surface area (Å²) in [7, 11) is 3.26. The summed E-state index contributed by atoms with van der Waals surface area (Å²) in [5.74, 6) is 0.924. The first-order chi connectivity index (χ1) is 18.6. The number of benzene rings is 1. The zero-order chi connectivity index (χ0) is 28.3. The van der Waals surface area contributed by atoms with E-state index in [9.17, 15) is 14.7 Å². The summed E-state index contributed by atoms with van der Waals surface area (Å²) in [6.45, 7) is 7.59. The molecule has 3 amide bonds. The van der Waals surface area contributed by atoms with Gasteiger partial charge in [-0.15, -0.1) is 0 Å². The van der Waals surface area contributed by atoms with Gasteiger partial charge in [0, 0.05) is 31.3 Å². The molecule has 208 valence electrons. The van der Waals surface area contributed by atoms with E-state index in [1.165, 1.54) is 4.90 Å². The first-order valence-corrected chi connectivity index (χ1v) is 12.8. The van der Waals surface area contributed by atoms with Crippen molar-refractivity contribution in [2.45, 2.75) is 39.8 Å². The maximum atomic E-state index is 13.7. The molecule has 0 spiro atoms. The molecule has 0 radical (unpaired) electrons. The van der Waals surface area contributed by atoms with Gasteiger partial charge in [-0.05, 0) is 44.5 Å². The van der Waals surface area contributed by atoms with E-state index < -0.39 is 12.1 Å². The molecule has 0 bridgehead atoms. The van der Waals surface area contributed by atoms with Crippen LogP contribution in [0.1, 0.15) is 35.7 Å². The van der Waals surface area contributed by atoms with Crippen LogP contribution in [0.25, 0.3) is 11.1 Å². The van der Waals surface area contributed by atoms with Gasteiger partial charge in [0.15, 0.2) is 5.76 Å². The molecule has 0 unspecified atom stereocenters. The molecule has 39 heavy (non-hydrogen) atoms. The normalized spacial score (nSPS) is 17.9. The summed E-state index contributed by atoms with van der Waals surface area (Å²) < 4.78 is 16.8. The standard InChI is InChI=1S/C28H35N5O6/c1-16-13-33(17(2)15-34)27(35)23-11-21(20-8-7-9-22(10-20)37-6)12-29-26(23)38-24(16)14-32(5)28(36)30-25-18(3)31-39-19(25)4/h7-12,16-17,24,34H,13-15H2,1-6H3,(H,30,36)/t16-,17-,24-/m1/s1. The van der Waals surface area contributed by atoms with Crippen LogP contribution in [0, 0.1) is 19.8 Å². The number of hydrogen-bond acceptors (Lipinski definition) is 8. The van der Waals surface area contributed by atoms with Crippen molar-refractivity contribution in [2.75, 3.05) is 39.2 Å². The number of hydrogen-bond donors (Lipinski definition) is 2. The van der Waals surface area contributed by atoms with E-state index in [2.05, 4.69) is 15.5 Å². The van der Waals surface area contributed by atoms with Crippen LogP contribution in [0.3, 0.4) is 0 Å². The SMILES string of the molecule is COc1cccc(-c2cnc3c(c2)C(=O)N([C@H](C)CO)C[C@@H](C)[C@@H](CN(C)C(=O)Nc2c(C)noc2C)O3)c1. The number of pyridine rings is 1. The fourth-order valence-electron chi connectivity index (χ4n) is 4.50. The summed E-state index contributed by atoms with van der Waals surface area (Å²) in [5.41, 5.74) is 2.96. The largest absolute Gasteiger partial charge is 0.497 e. The van der Waals surface area contributed by atoms with Crippen molar-refractivity contribution in [3.05, 3.63) is 53.5 Å². The molecule has 0 fully saturated rings. The molecule has 2 aromatic heterocycles. The van der Waals surface area contributed by atoms with Crippen LogP contribution in [0.4, 0.5) is 10.5 Å². The molecule has 1 aromatic carbocycles. The first-order valence-electron chi connectivity index (χ1n) is 12.8. The molecule has 0 saturated carbocycles. The highest BCUT2D eigenvalue weighted by molar-refractivity contribution is 5.98. The van der Waals surface area contributed by atoms with Crippen molar-refractivity contribution < 1.29 is 28.7 Å². The Morgan fingerprint density at radius 2 is 2.08 bits per heavy atom. The lowest BCUT2D eigenvalue weighted by molar-refractivity contribution is 0.0356. The number of urea groups is 1. The average molecular weight is 538 g/mol. The van der Waals surface area contributed by atoms with E-state index in [1.54, 1.807) is 52.1 Å². The predicted molar refractivity (Wildman–Crippen MR) is 145 cm³/mol. The molecule has 0 aliphatic carbocycles. The topological polar surface area (TPSA) is 130 Å². The second-order valence-corrected chi connectivity index (χ2v) is 9.94. The lowest BCUT2D eigenvalue weighted by atomic mass is 9.99. The van der Waals surface area contributed by atoms with E-state index in [0.717, 1.165) is 11.1 Å². The van der Waals surface area contributed by atoms with Crippen molar-refractivity contribution in [3.8, 4) is 22.8 Å². The number of amides is 3. The van der Waals surface area contributed by atoms with Crippen LogP contribution in [-0.2, 0) is 0 Å². The van der Waals surface area contributed by atoms with Crippen LogP contribution in [0.15, 0.2) is 41.1 Å². The minimum absolute atomic E-state index is 0.176. The van der Waals surface area contributed by atoms with E-state index in [1.807, 2.05) is 31.2 Å². The van der Waals surface area contributed by atoms with E-state index in [-0.39, 0.29) is 42.5 Å². The summed E-state index contributed by atoms with van der Waals surface area (Å²) in [6, 6.07) is 8.46. The van der Waals surface area contributed by atoms with Crippen LogP contribution in [0.5, 0.6) is 11.6 Å². The quantitative estimate of drug-likeness (QED) is 0.466. The lowest BCUT2D eigenvalue weighted by Crippen LogP contribution is -2.50. The molecule has 0 saturated heterocycles. The molecule has 3 heterocycles. The summed E-state index contributed by atoms with van der Waals surface area (Å²) in [6.07, 6.45) is 1.17. The summed E-state index contributed by atoms with van der Waals surface area (Å²) in [5, 5.41) is 16.6. The van der Waals surface area contributed by atoms with Gasteiger partial charge in [0.05, 0.1) is 26.3 Å². The molecule has 2 N–H and O–H groups in total. The smallest absolute Gasteiger partial charge is 0.321 e. The number of carbonyl (C=O) groups excluding carboxylic acids is 2. The van der Waals surface area contributed by atoms with Gasteiger partial charge < -0.3 is 34.2 Å². The number of aryl methyl sites for hydroxylation is 2. The number of fused-ring (bicyclic) bond motifs is 1. The van der Waals surface area contributed by atoms with Crippen molar-refractivity contribution in [1.82, 2.24) is 19.9 Å². The summed E-state index contributed by atoms with van der Waals surface area (Å²) >= 11 is 0. The monoisotopic (exact) mass is 537 g/mol. The molecule has 3 atom stereocenters. The molecular weight excluding hydrogens is 502 g/mol. The van der Waals surface area contributed by atoms with Crippen LogP contribution >= 0.6 is 0 Å². The number of ether oxygens (including phenoxy) is 2. The molecule has 4 rings (SSSR count). The number of nitrogens with zero attached hydrogens (tertiary/aromatic N) is 4.